The lowest BCUT2D eigenvalue weighted by atomic mass is 9.86. The summed E-state index contributed by atoms with van der Waals surface area (Å²) >= 11 is 0. The summed E-state index contributed by atoms with van der Waals surface area (Å²) in [4.78, 5) is 4.79. The predicted octanol–water partition coefficient (Wildman–Crippen LogP) is 20.4. The molecule has 1 heterocycles. The molecule has 3 heteroatoms. The molecule has 0 radical (unpaired) electrons. The van der Waals surface area contributed by atoms with E-state index in [0.29, 0.717) is 0 Å². The summed E-state index contributed by atoms with van der Waals surface area (Å²) in [6, 6.07) is 88.6. The number of anilines is 6. The standard InChI is InChI=1S/C70H58N2O/c1-69(2,3)55-31-25-50(26-32-55)62-22-14-16-24-66(62)71(57-35-27-48(28-36-57)47-17-9-7-10-18-47)59-37-29-51-43-63-64-44-52-30-38-60(42-54(52)46-68(64)73-67(63)45-53(51)41-59)72(58-39-33-56(34-40-58)70(4,5)6)65-23-15-13-21-61(65)49-19-11-8-12-20-49/h7-46H,1-6H3. The smallest absolute Gasteiger partial charge is 0.136 e. The van der Waals surface area contributed by atoms with Gasteiger partial charge < -0.3 is 14.2 Å². The van der Waals surface area contributed by atoms with Gasteiger partial charge in [-0.3, -0.25) is 0 Å². The van der Waals surface area contributed by atoms with Gasteiger partial charge in [0.05, 0.1) is 11.4 Å². The fourth-order valence-electron chi connectivity index (χ4n) is 10.5. The number of fused-ring (bicyclic) bond motifs is 5. The molecule has 3 nitrogen and oxygen atoms in total. The molecule has 354 valence electrons. The van der Waals surface area contributed by atoms with Gasteiger partial charge in [-0.15, -0.1) is 0 Å². The molecule has 73 heavy (non-hydrogen) atoms. The highest BCUT2D eigenvalue weighted by atomic mass is 16.3. The molecule has 12 aromatic rings. The Morgan fingerprint density at radius 1 is 0.288 bits per heavy atom. The highest BCUT2D eigenvalue weighted by Crippen LogP contribution is 2.46. The van der Waals surface area contributed by atoms with Crippen molar-refractivity contribution in [2.45, 2.75) is 52.4 Å². The van der Waals surface area contributed by atoms with Gasteiger partial charge in [0, 0.05) is 44.6 Å². The Hall–Kier alpha value is -8.66. The van der Waals surface area contributed by atoms with Gasteiger partial charge in [-0.25, -0.2) is 0 Å². The molecular formula is C70H58N2O. The molecule has 0 saturated heterocycles. The fourth-order valence-corrected chi connectivity index (χ4v) is 10.5. The van der Waals surface area contributed by atoms with E-state index < -0.39 is 0 Å². The molecule has 1 aromatic heterocycles. The van der Waals surface area contributed by atoms with Crippen LogP contribution in [0.1, 0.15) is 52.7 Å². The summed E-state index contributed by atoms with van der Waals surface area (Å²) in [5.41, 5.74) is 18.1. The summed E-state index contributed by atoms with van der Waals surface area (Å²) in [7, 11) is 0. The van der Waals surface area contributed by atoms with Crippen molar-refractivity contribution in [2.24, 2.45) is 0 Å². The molecule has 0 saturated carbocycles. The largest absolute Gasteiger partial charge is 0.456 e. The van der Waals surface area contributed by atoms with Crippen LogP contribution in [-0.2, 0) is 10.8 Å². The number of nitrogens with zero attached hydrogens (tertiary/aromatic N) is 2. The highest BCUT2D eigenvalue weighted by molar-refractivity contribution is 6.14. The lowest BCUT2D eigenvalue weighted by Gasteiger charge is -2.29. The van der Waals surface area contributed by atoms with E-state index in [-0.39, 0.29) is 10.8 Å². The van der Waals surface area contributed by atoms with Crippen LogP contribution < -0.4 is 9.80 Å². The van der Waals surface area contributed by atoms with Gasteiger partial charge in [0.25, 0.3) is 0 Å². The van der Waals surface area contributed by atoms with Crippen molar-refractivity contribution in [3.05, 3.63) is 254 Å². The second-order valence-corrected chi connectivity index (χ2v) is 21.5. The maximum Gasteiger partial charge on any atom is 0.136 e. The zero-order valence-electron chi connectivity index (χ0n) is 42.4. The number of rotatable bonds is 9. The Balaban J connectivity index is 0.962. The van der Waals surface area contributed by atoms with E-state index >= 15 is 0 Å². The summed E-state index contributed by atoms with van der Waals surface area (Å²) in [5.74, 6) is 0. The van der Waals surface area contributed by atoms with Crippen LogP contribution in [-0.4, -0.2) is 0 Å². The van der Waals surface area contributed by atoms with E-state index in [1.165, 1.54) is 44.5 Å². The van der Waals surface area contributed by atoms with Crippen molar-refractivity contribution in [3.63, 3.8) is 0 Å². The minimum atomic E-state index is 0.0442. The van der Waals surface area contributed by atoms with Crippen LogP contribution in [0.25, 0.3) is 76.9 Å². The van der Waals surface area contributed by atoms with Crippen molar-refractivity contribution < 1.29 is 4.42 Å². The van der Waals surface area contributed by atoms with E-state index in [4.69, 9.17) is 4.42 Å². The average molecular weight is 943 g/mol. The number of hydrogen-bond donors (Lipinski definition) is 0. The van der Waals surface area contributed by atoms with Crippen LogP contribution in [0.3, 0.4) is 0 Å². The third kappa shape index (κ3) is 8.72. The van der Waals surface area contributed by atoms with Crippen LogP contribution in [0, 0.1) is 0 Å². The first-order valence-corrected chi connectivity index (χ1v) is 25.5. The SMILES string of the molecule is CC(C)(C)c1ccc(-c2ccccc2N(c2ccc(-c3ccccc3)cc2)c2ccc3cc4c(cc3c2)oc2cc3cc(N(c5ccc(C(C)(C)C)cc5)c5ccccc5-c5ccccc5)ccc3cc24)cc1. The van der Waals surface area contributed by atoms with Gasteiger partial charge in [-0.05, 0) is 151 Å². The highest BCUT2D eigenvalue weighted by Gasteiger charge is 2.22. The molecular weight excluding hydrogens is 885 g/mol. The summed E-state index contributed by atoms with van der Waals surface area (Å²) in [6.45, 7) is 13.6. The first-order chi connectivity index (χ1) is 35.4. The Morgan fingerprint density at radius 2 is 0.644 bits per heavy atom. The molecule has 0 atom stereocenters. The topological polar surface area (TPSA) is 19.6 Å². The molecule has 0 spiro atoms. The van der Waals surface area contributed by atoms with Crippen LogP contribution in [0.5, 0.6) is 0 Å². The quantitative estimate of drug-likeness (QED) is 0.144. The normalized spacial score (nSPS) is 12.0. The van der Waals surface area contributed by atoms with Crippen LogP contribution >= 0.6 is 0 Å². The Labute approximate surface area is 429 Å². The number of para-hydroxylation sites is 2. The molecule has 11 aromatic carbocycles. The number of hydrogen-bond acceptors (Lipinski definition) is 3. The Bertz CT molecular complexity index is 3950. The monoisotopic (exact) mass is 942 g/mol. The van der Waals surface area contributed by atoms with Crippen molar-refractivity contribution in [1.82, 2.24) is 0 Å². The first-order valence-electron chi connectivity index (χ1n) is 25.5. The van der Waals surface area contributed by atoms with E-state index in [1.54, 1.807) is 0 Å². The molecule has 0 aliphatic heterocycles. The van der Waals surface area contributed by atoms with Crippen LogP contribution in [0.4, 0.5) is 34.1 Å². The van der Waals surface area contributed by atoms with Crippen molar-refractivity contribution in [2.75, 3.05) is 9.80 Å². The first kappa shape index (κ1) is 45.5. The summed E-state index contributed by atoms with van der Waals surface area (Å²) in [5, 5.41) is 6.76. The zero-order valence-corrected chi connectivity index (χ0v) is 42.4. The number of benzene rings is 11. The van der Waals surface area contributed by atoms with E-state index in [9.17, 15) is 0 Å². The van der Waals surface area contributed by atoms with Gasteiger partial charge in [0.2, 0.25) is 0 Å². The number of furan rings is 1. The molecule has 12 rings (SSSR count). The zero-order chi connectivity index (χ0) is 49.8. The minimum Gasteiger partial charge on any atom is -0.456 e. The van der Waals surface area contributed by atoms with E-state index in [0.717, 1.165) is 77.6 Å². The van der Waals surface area contributed by atoms with Crippen molar-refractivity contribution >= 4 is 77.6 Å². The maximum atomic E-state index is 6.87. The van der Waals surface area contributed by atoms with E-state index in [2.05, 4.69) is 294 Å². The Morgan fingerprint density at radius 3 is 1.11 bits per heavy atom. The molecule has 0 fully saturated rings. The lowest BCUT2D eigenvalue weighted by Crippen LogP contribution is -2.13. The molecule has 0 unspecified atom stereocenters. The second-order valence-electron chi connectivity index (χ2n) is 21.5. The molecule has 0 aliphatic carbocycles. The van der Waals surface area contributed by atoms with Crippen LogP contribution in [0.15, 0.2) is 247 Å². The molecule has 0 N–H and O–H groups in total. The Kier molecular flexibility index (Phi) is 11.3. The van der Waals surface area contributed by atoms with E-state index in [1.807, 2.05) is 0 Å². The molecule has 0 amide bonds. The van der Waals surface area contributed by atoms with Gasteiger partial charge in [-0.2, -0.15) is 0 Å². The van der Waals surface area contributed by atoms with Gasteiger partial charge in [-0.1, -0.05) is 199 Å². The maximum absolute atomic E-state index is 6.87. The van der Waals surface area contributed by atoms with Gasteiger partial charge in [0.1, 0.15) is 11.2 Å². The van der Waals surface area contributed by atoms with Gasteiger partial charge in [0.15, 0.2) is 0 Å². The second kappa shape index (κ2) is 18.2. The third-order valence-corrected chi connectivity index (χ3v) is 14.5. The average Bonchev–Trinajstić information content (AvgIpc) is 3.76. The predicted molar refractivity (Wildman–Crippen MR) is 312 cm³/mol. The molecule has 0 aliphatic rings. The fraction of sp³-hybridized carbons (Fsp3) is 0.114. The minimum absolute atomic E-state index is 0.0442. The molecule has 0 bridgehead atoms. The van der Waals surface area contributed by atoms with Crippen molar-refractivity contribution in [3.8, 4) is 33.4 Å². The van der Waals surface area contributed by atoms with Gasteiger partial charge >= 0.3 is 0 Å². The third-order valence-electron chi connectivity index (χ3n) is 14.5. The van der Waals surface area contributed by atoms with Crippen molar-refractivity contribution in [1.29, 1.82) is 0 Å². The summed E-state index contributed by atoms with van der Waals surface area (Å²) < 4.78 is 6.87. The lowest BCUT2D eigenvalue weighted by molar-refractivity contribution is 0.590. The summed E-state index contributed by atoms with van der Waals surface area (Å²) in [6.07, 6.45) is 0. The van der Waals surface area contributed by atoms with Crippen LogP contribution in [0.2, 0.25) is 0 Å².